The molecule has 6 aromatic rings. The van der Waals surface area contributed by atoms with Gasteiger partial charge in [-0.05, 0) is 99.3 Å². The number of anilines is 3. The van der Waals surface area contributed by atoms with Crippen LogP contribution in [0.1, 0.15) is 56.8 Å². The lowest BCUT2D eigenvalue weighted by molar-refractivity contribution is 0.0990. The summed E-state index contributed by atoms with van der Waals surface area (Å²) in [4.78, 5) is 28.8. The van der Waals surface area contributed by atoms with E-state index in [1.807, 2.05) is 90.7 Å². The first-order valence-electron chi connectivity index (χ1n) is 14.8. The first-order valence-corrected chi connectivity index (χ1v) is 14.8. The van der Waals surface area contributed by atoms with Gasteiger partial charge in [0.1, 0.15) is 5.82 Å². The molecule has 212 valence electrons. The van der Waals surface area contributed by atoms with Crippen molar-refractivity contribution < 1.29 is 14.0 Å². The Morgan fingerprint density at radius 3 is 2.02 bits per heavy atom. The number of aryl methyl sites for hydroxylation is 1. The van der Waals surface area contributed by atoms with Gasteiger partial charge in [-0.2, -0.15) is 0 Å². The Kier molecular flexibility index (Phi) is 5.57. The van der Waals surface area contributed by atoms with E-state index in [0.29, 0.717) is 16.8 Å². The smallest absolute Gasteiger partial charge is 0.197 e. The molecule has 0 aromatic heterocycles. The van der Waals surface area contributed by atoms with Gasteiger partial charge >= 0.3 is 0 Å². The topological polar surface area (TPSA) is 37.4 Å². The number of halogens is 1. The second-order valence-electron chi connectivity index (χ2n) is 12.3. The molecule has 0 unspecified atom stereocenters. The lowest BCUT2D eigenvalue weighted by atomic mass is 9.71. The Hall–Kier alpha value is -5.35. The van der Waals surface area contributed by atoms with Crippen molar-refractivity contribution >= 4 is 56.2 Å². The molecule has 0 atom stereocenters. The third-order valence-corrected chi connectivity index (χ3v) is 9.23. The molecule has 0 fully saturated rings. The molecule has 1 aliphatic carbocycles. The van der Waals surface area contributed by atoms with Crippen LogP contribution in [-0.2, 0) is 5.41 Å². The summed E-state index contributed by atoms with van der Waals surface area (Å²) in [6.45, 7) is 6.31. The molecule has 0 N–H and O–H groups in total. The van der Waals surface area contributed by atoms with Gasteiger partial charge < -0.3 is 4.90 Å². The van der Waals surface area contributed by atoms with E-state index < -0.39 is 0 Å². The molecule has 0 saturated heterocycles. The lowest BCUT2D eigenvalue weighted by Crippen LogP contribution is -2.31. The quantitative estimate of drug-likeness (QED) is 0.153. The van der Waals surface area contributed by atoms with E-state index in [9.17, 15) is 9.59 Å². The van der Waals surface area contributed by atoms with Gasteiger partial charge in [-0.1, -0.05) is 80.6 Å². The Morgan fingerprint density at radius 1 is 0.659 bits per heavy atom. The number of ketones is 2. The van der Waals surface area contributed by atoms with Crippen molar-refractivity contribution in [3.8, 4) is 0 Å². The van der Waals surface area contributed by atoms with Crippen molar-refractivity contribution in [3.05, 3.63) is 154 Å². The van der Waals surface area contributed by atoms with Gasteiger partial charge in [0, 0.05) is 16.5 Å². The molecule has 1 heterocycles. The largest absolute Gasteiger partial charge is 0.307 e. The number of carbonyl (C=O) groups excluding carboxylic acids is 2. The minimum Gasteiger partial charge on any atom is -0.307 e. The maximum absolute atomic E-state index is 15.5. The molecular formula is C40H28FNO2. The van der Waals surface area contributed by atoms with Gasteiger partial charge in [0.05, 0.1) is 22.6 Å². The Morgan fingerprint density at radius 2 is 1.32 bits per heavy atom. The Bertz CT molecular complexity index is 2220. The standard InChI is InChI=1S/C40H28FNO2/c1-23-12-16-35(33(41)18-23)42-34-11-7-6-10-32(34)40(2,3)37-28-15-13-24(19-27(28)14-17-36(37)42)20-31-38(43)29-21-25-8-4-5-9-26(25)22-30(29)39(31)44/h4-22H,1-3H3. The number of nitrogens with zero attached hydrogens (tertiary/aromatic N) is 1. The number of para-hydroxylation sites is 1. The highest BCUT2D eigenvalue weighted by molar-refractivity contribution is 6.42. The summed E-state index contributed by atoms with van der Waals surface area (Å²) in [5.74, 6) is -0.753. The van der Waals surface area contributed by atoms with Crippen LogP contribution in [0.2, 0.25) is 0 Å². The van der Waals surface area contributed by atoms with E-state index in [1.54, 1.807) is 12.1 Å². The summed E-state index contributed by atoms with van der Waals surface area (Å²) in [7, 11) is 0. The number of hydrogen-bond acceptors (Lipinski definition) is 3. The van der Waals surface area contributed by atoms with Gasteiger partial charge in [0.2, 0.25) is 0 Å². The SMILES string of the molecule is Cc1ccc(N2c3ccccc3C(C)(C)c3c2ccc2cc(C=C4C(=O)c5cc6ccccc6cc5C4=O)ccc32)c(F)c1. The zero-order chi connectivity index (χ0) is 30.3. The zero-order valence-electron chi connectivity index (χ0n) is 24.6. The monoisotopic (exact) mass is 573 g/mol. The highest BCUT2D eigenvalue weighted by atomic mass is 19.1. The first kappa shape index (κ1) is 26.3. The Balaban J connectivity index is 1.27. The summed E-state index contributed by atoms with van der Waals surface area (Å²) in [5, 5.41) is 3.90. The van der Waals surface area contributed by atoms with Crippen molar-refractivity contribution in [2.75, 3.05) is 4.90 Å². The van der Waals surface area contributed by atoms with Gasteiger partial charge in [0.15, 0.2) is 11.6 Å². The number of fused-ring (bicyclic) bond motifs is 6. The van der Waals surface area contributed by atoms with Gasteiger partial charge in [0.25, 0.3) is 0 Å². The fraction of sp³-hybridized carbons (Fsp3) is 0.100. The number of hydrogen-bond donors (Lipinski definition) is 0. The number of Topliss-reactive ketones (excluding diaryl/α,β-unsaturated/α-hetero) is 2. The summed E-state index contributed by atoms with van der Waals surface area (Å²) in [6.07, 6.45) is 1.71. The highest BCUT2D eigenvalue weighted by Crippen LogP contribution is 2.54. The third kappa shape index (κ3) is 3.74. The van der Waals surface area contributed by atoms with Crippen LogP contribution in [0.4, 0.5) is 21.5 Å². The van der Waals surface area contributed by atoms with Crippen LogP contribution in [0.5, 0.6) is 0 Å². The molecule has 1 aliphatic heterocycles. The maximum atomic E-state index is 15.5. The number of rotatable bonds is 2. The van der Waals surface area contributed by atoms with E-state index in [1.165, 1.54) is 0 Å². The van der Waals surface area contributed by atoms with Crippen LogP contribution < -0.4 is 4.90 Å². The maximum Gasteiger partial charge on any atom is 0.197 e. The van der Waals surface area contributed by atoms with Crippen molar-refractivity contribution in [3.63, 3.8) is 0 Å². The van der Waals surface area contributed by atoms with Gasteiger partial charge in [-0.25, -0.2) is 4.39 Å². The van der Waals surface area contributed by atoms with Crippen molar-refractivity contribution in [2.24, 2.45) is 0 Å². The normalized spacial score (nSPS) is 15.0. The molecular weight excluding hydrogens is 545 g/mol. The summed E-state index contributed by atoms with van der Waals surface area (Å²) < 4.78 is 15.5. The molecule has 0 amide bonds. The van der Waals surface area contributed by atoms with Crippen LogP contribution in [0.25, 0.3) is 27.6 Å². The fourth-order valence-electron chi connectivity index (χ4n) is 7.09. The van der Waals surface area contributed by atoms with E-state index in [0.717, 1.165) is 55.2 Å². The predicted molar refractivity (Wildman–Crippen MR) is 176 cm³/mol. The van der Waals surface area contributed by atoms with Crippen LogP contribution in [0, 0.1) is 12.7 Å². The summed E-state index contributed by atoms with van der Waals surface area (Å²) in [6, 6.07) is 35.1. The van der Waals surface area contributed by atoms with Crippen molar-refractivity contribution in [1.82, 2.24) is 0 Å². The summed E-state index contributed by atoms with van der Waals surface area (Å²) >= 11 is 0. The van der Waals surface area contributed by atoms with E-state index >= 15 is 4.39 Å². The lowest BCUT2D eigenvalue weighted by Gasteiger charge is -2.42. The molecule has 0 bridgehead atoms. The second kappa shape index (κ2) is 9.32. The molecule has 6 aromatic carbocycles. The zero-order valence-corrected chi connectivity index (χ0v) is 24.6. The second-order valence-corrected chi connectivity index (χ2v) is 12.3. The van der Waals surface area contributed by atoms with Gasteiger partial charge in [-0.15, -0.1) is 0 Å². The molecule has 44 heavy (non-hydrogen) atoms. The Labute approximate surface area is 254 Å². The average Bonchev–Trinajstić information content (AvgIpc) is 3.24. The molecule has 0 spiro atoms. The predicted octanol–water partition coefficient (Wildman–Crippen LogP) is 10.0. The summed E-state index contributed by atoms with van der Waals surface area (Å²) in [5.41, 5.74) is 6.97. The molecule has 8 rings (SSSR count). The van der Waals surface area contributed by atoms with Crippen LogP contribution in [-0.4, -0.2) is 11.6 Å². The van der Waals surface area contributed by atoms with E-state index in [2.05, 4.69) is 38.1 Å². The minimum absolute atomic E-state index is 0.183. The van der Waals surface area contributed by atoms with E-state index in [-0.39, 0.29) is 28.4 Å². The van der Waals surface area contributed by atoms with Crippen LogP contribution in [0.3, 0.4) is 0 Å². The minimum atomic E-state index is -0.371. The first-order chi connectivity index (χ1) is 21.2. The molecule has 0 radical (unpaired) electrons. The van der Waals surface area contributed by atoms with Crippen LogP contribution >= 0.6 is 0 Å². The van der Waals surface area contributed by atoms with Gasteiger partial charge in [-0.3, -0.25) is 9.59 Å². The number of carbonyl (C=O) groups is 2. The molecule has 0 saturated carbocycles. The van der Waals surface area contributed by atoms with E-state index in [4.69, 9.17) is 0 Å². The fourth-order valence-corrected chi connectivity index (χ4v) is 7.09. The van der Waals surface area contributed by atoms with Crippen molar-refractivity contribution in [2.45, 2.75) is 26.2 Å². The number of allylic oxidation sites excluding steroid dienone is 1. The molecule has 4 heteroatoms. The molecule has 3 nitrogen and oxygen atoms in total. The number of benzene rings is 6. The third-order valence-electron chi connectivity index (χ3n) is 9.23. The van der Waals surface area contributed by atoms with Crippen molar-refractivity contribution in [1.29, 1.82) is 0 Å². The highest BCUT2D eigenvalue weighted by Gasteiger charge is 2.39. The average molecular weight is 574 g/mol. The molecule has 2 aliphatic rings. The van der Waals surface area contributed by atoms with Crippen LogP contribution in [0.15, 0.2) is 115 Å².